The van der Waals surface area contributed by atoms with Crippen molar-refractivity contribution in [1.82, 2.24) is 19.6 Å². The lowest BCUT2D eigenvalue weighted by molar-refractivity contribution is 0.0266. The number of aromatic nitrogens is 2. The summed E-state index contributed by atoms with van der Waals surface area (Å²) in [6.07, 6.45) is 6.10. The van der Waals surface area contributed by atoms with E-state index in [1.54, 1.807) is 13.3 Å². The number of nitrogens with zero attached hydrogens (tertiary/aromatic N) is 4. The molecule has 0 aromatic carbocycles. The van der Waals surface area contributed by atoms with Gasteiger partial charge in [-0.05, 0) is 12.8 Å². The van der Waals surface area contributed by atoms with Crippen molar-refractivity contribution in [3.8, 4) is 0 Å². The summed E-state index contributed by atoms with van der Waals surface area (Å²) in [5.41, 5.74) is 6.48. The average molecular weight is 279 g/mol. The Bertz CT molecular complexity index is 421. The van der Waals surface area contributed by atoms with E-state index in [0.717, 1.165) is 24.9 Å². The molecule has 1 aromatic heterocycles. The first-order valence-electron chi connectivity index (χ1n) is 7.51. The van der Waals surface area contributed by atoms with E-state index in [0.29, 0.717) is 6.04 Å². The number of nitrogen functional groups attached to an aromatic ring is 1. The molecule has 1 saturated carbocycles. The van der Waals surface area contributed by atoms with Gasteiger partial charge in [-0.25, -0.2) is 0 Å². The van der Waals surface area contributed by atoms with Crippen LogP contribution in [0.15, 0.2) is 12.4 Å². The summed E-state index contributed by atoms with van der Waals surface area (Å²) in [6.45, 7) is 6.60. The monoisotopic (exact) mass is 279 g/mol. The lowest BCUT2D eigenvalue weighted by Gasteiger charge is -2.46. The highest BCUT2D eigenvalue weighted by molar-refractivity contribution is 5.30. The van der Waals surface area contributed by atoms with E-state index >= 15 is 0 Å². The highest BCUT2D eigenvalue weighted by Crippen LogP contribution is 2.36. The fourth-order valence-corrected chi connectivity index (χ4v) is 3.20. The van der Waals surface area contributed by atoms with E-state index < -0.39 is 0 Å². The molecular weight excluding hydrogens is 254 g/mol. The van der Waals surface area contributed by atoms with Crippen LogP contribution in [0.2, 0.25) is 0 Å². The predicted octanol–water partition coefficient (Wildman–Crippen LogP) is 0.433. The zero-order valence-electron chi connectivity index (χ0n) is 12.2. The summed E-state index contributed by atoms with van der Waals surface area (Å²) in [6, 6.07) is 1.28. The molecule has 1 saturated heterocycles. The molecule has 0 atom stereocenters. The van der Waals surface area contributed by atoms with Crippen LogP contribution < -0.4 is 5.73 Å². The number of piperazine rings is 1. The number of nitrogens with two attached hydrogens (primary N) is 1. The first-order chi connectivity index (χ1) is 9.76. The molecule has 112 valence electrons. The molecule has 3 rings (SSSR count). The van der Waals surface area contributed by atoms with Crippen molar-refractivity contribution < 1.29 is 4.74 Å². The summed E-state index contributed by atoms with van der Waals surface area (Å²) >= 11 is 0. The third-order valence-corrected chi connectivity index (χ3v) is 4.62. The SMILES string of the molecule is COCCN1CCN(C2CC(n3cc(N)cn3)C2)CC1. The Morgan fingerprint density at radius 1 is 1.25 bits per heavy atom. The van der Waals surface area contributed by atoms with Gasteiger partial charge in [0.25, 0.3) is 0 Å². The Balaban J connectivity index is 1.40. The normalized spacial score (nSPS) is 28.4. The Kier molecular flexibility index (Phi) is 4.24. The molecule has 0 unspecified atom stereocenters. The maximum Gasteiger partial charge on any atom is 0.0719 e. The van der Waals surface area contributed by atoms with Crippen LogP contribution in [-0.4, -0.2) is 72.1 Å². The molecule has 6 nitrogen and oxygen atoms in total. The number of rotatable bonds is 5. The summed E-state index contributed by atoms with van der Waals surface area (Å²) in [5, 5.41) is 4.31. The second kappa shape index (κ2) is 6.11. The smallest absolute Gasteiger partial charge is 0.0719 e. The van der Waals surface area contributed by atoms with Crippen molar-refractivity contribution >= 4 is 5.69 Å². The fourth-order valence-electron chi connectivity index (χ4n) is 3.20. The number of ether oxygens (including phenoxy) is 1. The Morgan fingerprint density at radius 2 is 2.00 bits per heavy atom. The molecule has 2 fully saturated rings. The van der Waals surface area contributed by atoms with Gasteiger partial charge in [0.05, 0.1) is 24.5 Å². The van der Waals surface area contributed by atoms with Crippen LogP contribution in [-0.2, 0) is 4.74 Å². The topological polar surface area (TPSA) is 59.5 Å². The van der Waals surface area contributed by atoms with Gasteiger partial charge in [-0.2, -0.15) is 5.10 Å². The molecule has 0 radical (unpaired) electrons. The van der Waals surface area contributed by atoms with Gasteiger partial charge in [-0.1, -0.05) is 0 Å². The van der Waals surface area contributed by atoms with E-state index in [4.69, 9.17) is 10.5 Å². The van der Waals surface area contributed by atoms with Crippen LogP contribution in [0, 0.1) is 0 Å². The summed E-state index contributed by atoms with van der Waals surface area (Å²) in [4.78, 5) is 5.12. The van der Waals surface area contributed by atoms with Gasteiger partial charge in [0.1, 0.15) is 0 Å². The second-order valence-corrected chi connectivity index (χ2v) is 5.90. The molecule has 0 bridgehead atoms. The van der Waals surface area contributed by atoms with Gasteiger partial charge >= 0.3 is 0 Å². The minimum atomic E-state index is 0.545. The average Bonchev–Trinajstić information content (AvgIpc) is 2.82. The first kappa shape index (κ1) is 13.9. The molecule has 2 heterocycles. The lowest BCUT2D eigenvalue weighted by atomic mass is 9.85. The van der Waals surface area contributed by atoms with Crippen molar-refractivity contribution in [2.24, 2.45) is 0 Å². The van der Waals surface area contributed by atoms with Gasteiger partial charge in [-0.15, -0.1) is 0 Å². The van der Waals surface area contributed by atoms with Gasteiger partial charge in [0.2, 0.25) is 0 Å². The standard InChI is InChI=1S/C14H25N5O/c1-20-7-6-17-2-4-18(5-3-17)13-8-14(9-13)19-11-12(15)10-16-19/h10-11,13-14H,2-9,15H2,1H3. The highest BCUT2D eigenvalue weighted by Gasteiger charge is 2.36. The Hall–Kier alpha value is -1.11. The van der Waals surface area contributed by atoms with Crippen molar-refractivity contribution in [3.05, 3.63) is 12.4 Å². The number of methoxy groups -OCH3 is 1. The molecule has 2 aliphatic rings. The van der Waals surface area contributed by atoms with E-state index in [2.05, 4.69) is 14.9 Å². The highest BCUT2D eigenvalue weighted by atomic mass is 16.5. The maximum absolute atomic E-state index is 5.72. The summed E-state index contributed by atoms with van der Waals surface area (Å²) in [7, 11) is 1.77. The molecule has 20 heavy (non-hydrogen) atoms. The van der Waals surface area contributed by atoms with Gasteiger partial charge in [0, 0.05) is 52.1 Å². The van der Waals surface area contributed by atoms with Crippen LogP contribution in [0.1, 0.15) is 18.9 Å². The molecule has 2 N–H and O–H groups in total. The van der Waals surface area contributed by atoms with E-state index in [1.807, 2.05) is 10.9 Å². The lowest BCUT2D eigenvalue weighted by Crippen LogP contribution is -2.54. The first-order valence-corrected chi connectivity index (χ1v) is 7.51. The summed E-state index contributed by atoms with van der Waals surface area (Å²) in [5.74, 6) is 0. The molecular formula is C14H25N5O. The van der Waals surface area contributed by atoms with Gasteiger partial charge < -0.3 is 10.5 Å². The van der Waals surface area contributed by atoms with E-state index in [1.165, 1.54) is 39.0 Å². The second-order valence-electron chi connectivity index (χ2n) is 5.90. The zero-order chi connectivity index (χ0) is 13.9. The van der Waals surface area contributed by atoms with E-state index in [-0.39, 0.29) is 0 Å². The molecule has 6 heteroatoms. The third-order valence-electron chi connectivity index (χ3n) is 4.62. The van der Waals surface area contributed by atoms with Crippen LogP contribution in [0.4, 0.5) is 5.69 Å². The van der Waals surface area contributed by atoms with Crippen molar-refractivity contribution in [2.45, 2.75) is 24.9 Å². The van der Waals surface area contributed by atoms with Gasteiger partial charge in [0.15, 0.2) is 0 Å². The molecule has 0 spiro atoms. The quantitative estimate of drug-likeness (QED) is 0.847. The number of anilines is 1. The molecule has 1 aliphatic carbocycles. The predicted molar refractivity (Wildman–Crippen MR) is 78.6 cm³/mol. The largest absolute Gasteiger partial charge is 0.396 e. The zero-order valence-corrected chi connectivity index (χ0v) is 12.2. The molecule has 0 amide bonds. The van der Waals surface area contributed by atoms with Gasteiger partial charge in [-0.3, -0.25) is 14.5 Å². The third kappa shape index (κ3) is 2.97. The maximum atomic E-state index is 5.72. The molecule has 1 aliphatic heterocycles. The van der Waals surface area contributed by atoms with E-state index in [9.17, 15) is 0 Å². The number of hydrogen-bond acceptors (Lipinski definition) is 5. The van der Waals surface area contributed by atoms with Crippen LogP contribution in [0.3, 0.4) is 0 Å². The summed E-state index contributed by atoms with van der Waals surface area (Å²) < 4.78 is 7.17. The fraction of sp³-hybridized carbons (Fsp3) is 0.786. The van der Waals surface area contributed by atoms with Crippen molar-refractivity contribution in [3.63, 3.8) is 0 Å². The van der Waals surface area contributed by atoms with Crippen LogP contribution in [0.5, 0.6) is 0 Å². The Labute approximate surface area is 120 Å². The number of hydrogen-bond donors (Lipinski definition) is 1. The van der Waals surface area contributed by atoms with Crippen LogP contribution >= 0.6 is 0 Å². The van der Waals surface area contributed by atoms with Crippen molar-refractivity contribution in [1.29, 1.82) is 0 Å². The Morgan fingerprint density at radius 3 is 2.60 bits per heavy atom. The van der Waals surface area contributed by atoms with Crippen molar-refractivity contribution in [2.75, 3.05) is 52.2 Å². The minimum Gasteiger partial charge on any atom is -0.396 e. The minimum absolute atomic E-state index is 0.545. The molecule has 1 aromatic rings. The van der Waals surface area contributed by atoms with Crippen LogP contribution in [0.25, 0.3) is 0 Å².